The lowest BCUT2D eigenvalue weighted by Gasteiger charge is -2.14. The molecule has 0 fully saturated rings. The van der Waals surface area contributed by atoms with Crippen molar-refractivity contribution in [2.45, 2.75) is 19.4 Å². The molecule has 3 rings (SSSR count). The van der Waals surface area contributed by atoms with Gasteiger partial charge in [0.2, 0.25) is 5.82 Å². The number of carbonyl (C=O) groups excluding carboxylic acids is 1. The predicted octanol–water partition coefficient (Wildman–Crippen LogP) is 2.91. The Morgan fingerprint density at radius 1 is 1.05 bits per heavy atom. The molecule has 0 saturated carbocycles. The zero-order chi connectivity index (χ0) is 15.4. The number of nitrogens with zero attached hydrogens (tertiary/aromatic N) is 4. The Morgan fingerprint density at radius 3 is 2.32 bits per heavy atom. The molecular formula is C17H16N4O. The van der Waals surface area contributed by atoms with Crippen molar-refractivity contribution in [2.24, 2.45) is 0 Å². The summed E-state index contributed by atoms with van der Waals surface area (Å²) in [5.74, 6) is 0.650. The third-order valence-electron chi connectivity index (χ3n) is 3.40. The second-order valence-corrected chi connectivity index (χ2v) is 5.13. The van der Waals surface area contributed by atoms with Crippen LogP contribution in [-0.4, -0.2) is 26.0 Å². The molecule has 0 unspecified atom stereocenters. The Bertz CT molecular complexity index is 753. The van der Waals surface area contributed by atoms with Crippen LogP contribution in [0.15, 0.2) is 60.7 Å². The van der Waals surface area contributed by atoms with Crippen LogP contribution in [0, 0.1) is 0 Å². The summed E-state index contributed by atoms with van der Waals surface area (Å²) in [7, 11) is 0. The predicted molar refractivity (Wildman–Crippen MR) is 83.1 cm³/mol. The molecule has 5 nitrogen and oxygen atoms in total. The van der Waals surface area contributed by atoms with Gasteiger partial charge in [-0.3, -0.25) is 4.79 Å². The summed E-state index contributed by atoms with van der Waals surface area (Å²) >= 11 is 0. The van der Waals surface area contributed by atoms with Crippen LogP contribution in [-0.2, 0) is 4.79 Å². The van der Waals surface area contributed by atoms with Gasteiger partial charge < -0.3 is 0 Å². The van der Waals surface area contributed by atoms with Gasteiger partial charge in [0, 0.05) is 12.0 Å². The Morgan fingerprint density at radius 2 is 1.68 bits per heavy atom. The van der Waals surface area contributed by atoms with Crippen LogP contribution in [0.1, 0.15) is 24.9 Å². The van der Waals surface area contributed by atoms with E-state index in [4.69, 9.17) is 0 Å². The minimum Gasteiger partial charge on any atom is -0.300 e. The number of ketones is 1. The fourth-order valence-corrected chi connectivity index (χ4v) is 2.34. The van der Waals surface area contributed by atoms with Gasteiger partial charge in [-0.2, -0.15) is 4.80 Å². The number of hydrogen-bond donors (Lipinski definition) is 0. The third-order valence-corrected chi connectivity index (χ3v) is 3.40. The van der Waals surface area contributed by atoms with Crippen LogP contribution in [0.2, 0.25) is 0 Å². The van der Waals surface area contributed by atoms with Crippen molar-refractivity contribution in [2.75, 3.05) is 0 Å². The molecule has 0 bridgehead atoms. The van der Waals surface area contributed by atoms with Gasteiger partial charge in [0.05, 0.1) is 0 Å². The van der Waals surface area contributed by atoms with Crippen LogP contribution >= 0.6 is 0 Å². The van der Waals surface area contributed by atoms with Crippen LogP contribution in [0.25, 0.3) is 11.4 Å². The lowest BCUT2D eigenvalue weighted by atomic mass is 10.0. The normalized spacial score (nSPS) is 12.0. The highest BCUT2D eigenvalue weighted by molar-refractivity contribution is 5.76. The summed E-state index contributed by atoms with van der Waals surface area (Å²) < 4.78 is 0. The number of carbonyl (C=O) groups is 1. The summed E-state index contributed by atoms with van der Waals surface area (Å²) in [6.45, 7) is 1.57. The van der Waals surface area contributed by atoms with Crippen molar-refractivity contribution in [1.29, 1.82) is 0 Å². The average molecular weight is 292 g/mol. The van der Waals surface area contributed by atoms with Gasteiger partial charge in [-0.05, 0) is 17.7 Å². The van der Waals surface area contributed by atoms with Crippen molar-refractivity contribution >= 4 is 5.78 Å². The Balaban J connectivity index is 1.95. The highest BCUT2D eigenvalue weighted by atomic mass is 16.1. The molecule has 0 N–H and O–H groups in total. The van der Waals surface area contributed by atoms with E-state index in [1.165, 1.54) is 4.80 Å². The van der Waals surface area contributed by atoms with E-state index in [0.717, 1.165) is 11.1 Å². The van der Waals surface area contributed by atoms with Gasteiger partial charge in [-0.15, -0.1) is 10.2 Å². The summed E-state index contributed by atoms with van der Waals surface area (Å²) in [4.78, 5) is 13.1. The van der Waals surface area contributed by atoms with Crippen LogP contribution < -0.4 is 0 Å². The molecule has 1 heterocycles. The Hall–Kier alpha value is -2.82. The van der Waals surface area contributed by atoms with Gasteiger partial charge in [0.1, 0.15) is 11.8 Å². The molecule has 1 atom stereocenters. The highest BCUT2D eigenvalue weighted by Gasteiger charge is 2.19. The quantitative estimate of drug-likeness (QED) is 0.725. The van der Waals surface area contributed by atoms with Crippen LogP contribution in [0.3, 0.4) is 0 Å². The topological polar surface area (TPSA) is 60.7 Å². The lowest BCUT2D eigenvalue weighted by Crippen LogP contribution is -2.17. The first-order chi connectivity index (χ1) is 10.7. The van der Waals surface area contributed by atoms with E-state index in [1.807, 2.05) is 60.7 Å². The van der Waals surface area contributed by atoms with Crippen molar-refractivity contribution in [1.82, 2.24) is 20.2 Å². The maximum absolute atomic E-state index is 11.6. The molecule has 0 aliphatic rings. The molecule has 0 aliphatic carbocycles. The monoisotopic (exact) mass is 292 g/mol. The van der Waals surface area contributed by atoms with Crippen molar-refractivity contribution in [3.63, 3.8) is 0 Å². The van der Waals surface area contributed by atoms with Crippen molar-refractivity contribution in [3.05, 3.63) is 66.2 Å². The van der Waals surface area contributed by atoms with Gasteiger partial charge >= 0.3 is 0 Å². The van der Waals surface area contributed by atoms with Gasteiger partial charge in [0.15, 0.2) is 0 Å². The van der Waals surface area contributed by atoms with E-state index in [1.54, 1.807) is 6.92 Å². The van der Waals surface area contributed by atoms with Crippen molar-refractivity contribution < 1.29 is 4.79 Å². The lowest BCUT2D eigenvalue weighted by molar-refractivity contribution is -0.117. The Labute approximate surface area is 128 Å². The summed E-state index contributed by atoms with van der Waals surface area (Å²) in [6, 6.07) is 19.2. The zero-order valence-corrected chi connectivity index (χ0v) is 12.3. The first-order valence-electron chi connectivity index (χ1n) is 7.13. The van der Waals surface area contributed by atoms with E-state index in [2.05, 4.69) is 15.4 Å². The molecule has 0 spiro atoms. The third kappa shape index (κ3) is 3.09. The second-order valence-electron chi connectivity index (χ2n) is 5.13. The number of tetrazole rings is 1. The number of benzene rings is 2. The highest BCUT2D eigenvalue weighted by Crippen LogP contribution is 2.22. The molecular weight excluding hydrogens is 276 g/mol. The molecule has 0 aliphatic heterocycles. The minimum absolute atomic E-state index is 0.0902. The maximum Gasteiger partial charge on any atom is 0.204 e. The zero-order valence-electron chi connectivity index (χ0n) is 12.3. The fraction of sp³-hybridized carbons (Fsp3) is 0.176. The summed E-state index contributed by atoms with van der Waals surface area (Å²) in [5.41, 5.74) is 1.90. The average Bonchev–Trinajstić information content (AvgIpc) is 3.04. The molecule has 1 aromatic heterocycles. The smallest absolute Gasteiger partial charge is 0.204 e. The standard InChI is InChI=1S/C17H16N4O/c1-13(22)12-16(14-8-4-2-5-9-14)21-19-17(18-20-21)15-10-6-3-7-11-15/h2-11,16H,12H2,1H3/t16-/m0/s1. The van der Waals surface area contributed by atoms with Gasteiger partial charge in [0.25, 0.3) is 0 Å². The van der Waals surface area contributed by atoms with Crippen molar-refractivity contribution in [3.8, 4) is 11.4 Å². The van der Waals surface area contributed by atoms with E-state index in [-0.39, 0.29) is 11.8 Å². The van der Waals surface area contributed by atoms with E-state index >= 15 is 0 Å². The van der Waals surface area contributed by atoms with E-state index in [0.29, 0.717) is 12.2 Å². The first kappa shape index (κ1) is 14.1. The van der Waals surface area contributed by atoms with Gasteiger partial charge in [-0.25, -0.2) is 0 Å². The molecule has 0 saturated heterocycles. The van der Waals surface area contributed by atoms with E-state index in [9.17, 15) is 4.79 Å². The fourth-order valence-electron chi connectivity index (χ4n) is 2.34. The van der Waals surface area contributed by atoms with Crippen LogP contribution in [0.5, 0.6) is 0 Å². The number of aromatic nitrogens is 4. The molecule has 110 valence electrons. The largest absolute Gasteiger partial charge is 0.300 e. The first-order valence-corrected chi connectivity index (χ1v) is 7.13. The van der Waals surface area contributed by atoms with Gasteiger partial charge in [-0.1, -0.05) is 60.7 Å². The maximum atomic E-state index is 11.6. The molecule has 3 aromatic rings. The summed E-state index contributed by atoms with van der Waals surface area (Å²) in [6.07, 6.45) is 0.342. The molecule has 22 heavy (non-hydrogen) atoms. The molecule has 0 radical (unpaired) electrons. The van der Waals surface area contributed by atoms with E-state index < -0.39 is 0 Å². The molecule has 5 heteroatoms. The molecule has 0 amide bonds. The number of rotatable bonds is 5. The number of hydrogen-bond acceptors (Lipinski definition) is 4. The Kier molecular flexibility index (Phi) is 4.05. The second kappa shape index (κ2) is 6.30. The number of Topliss-reactive ketones (excluding diaryl/α,β-unsaturated/α-hetero) is 1. The minimum atomic E-state index is -0.233. The SMILES string of the molecule is CC(=O)C[C@@H](c1ccccc1)n1nnc(-c2ccccc2)n1. The van der Waals surface area contributed by atoms with Crippen LogP contribution in [0.4, 0.5) is 0 Å². The summed E-state index contributed by atoms with van der Waals surface area (Å²) in [5, 5.41) is 12.7. The molecule has 2 aromatic carbocycles.